The normalized spacial score (nSPS) is 16.1. The maximum Gasteiger partial charge on any atom is 0.302 e. The van der Waals surface area contributed by atoms with E-state index in [1.165, 1.54) is 6.92 Å². The summed E-state index contributed by atoms with van der Waals surface area (Å²) in [6, 6.07) is 1.92. The highest BCUT2D eigenvalue weighted by Gasteiger charge is 2.39. The van der Waals surface area contributed by atoms with Gasteiger partial charge in [-0.1, -0.05) is 11.6 Å². The van der Waals surface area contributed by atoms with Crippen molar-refractivity contribution in [3.8, 4) is 0 Å². The highest BCUT2D eigenvalue weighted by Crippen LogP contribution is 2.28. The molecule has 2 amide bonds. The fourth-order valence-corrected chi connectivity index (χ4v) is 2.85. The van der Waals surface area contributed by atoms with Crippen molar-refractivity contribution in [1.29, 1.82) is 0 Å². The van der Waals surface area contributed by atoms with Gasteiger partial charge in [0.25, 0.3) is 11.8 Å². The fourth-order valence-electron chi connectivity index (χ4n) is 2.85. The van der Waals surface area contributed by atoms with Crippen LogP contribution in [0.4, 0.5) is 0 Å². The lowest BCUT2D eigenvalue weighted by Gasteiger charge is -2.12. The lowest BCUT2D eigenvalue weighted by Crippen LogP contribution is -2.33. The zero-order chi connectivity index (χ0) is 18.7. The van der Waals surface area contributed by atoms with Crippen molar-refractivity contribution in [1.82, 2.24) is 4.90 Å². The minimum absolute atomic E-state index is 0.00380. The van der Waals surface area contributed by atoms with Gasteiger partial charge >= 0.3 is 5.97 Å². The van der Waals surface area contributed by atoms with Gasteiger partial charge in [0.05, 0.1) is 12.1 Å². The summed E-state index contributed by atoms with van der Waals surface area (Å²) in [6.45, 7) is 8.68. The number of aryl methyl sites for hydroxylation is 2. The molecule has 1 fully saturated rings. The molecule has 6 heteroatoms. The average molecular weight is 345 g/mol. The summed E-state index contributed by atoms with van der Waals surface area (Å²) in [7, 11) is 0. The predicted octanol–water partition coefficient (Wildman–Crippen LogP) is 2.63. The van der Waals surface area contributed by atoms with Gasteiger partial charge in [0, 0.05) is 12.5 Å². The van der Waals surface area contributed by atoms with Crippen LogP contribution in [0.2, 0.25) is 0 Å². The Kier molecular flexibility index (Phi) is 5.62. The minimum atomic E-state index is -0.442. The summed E-state index contributed by atoms with van der Waals surface area (Å²) in [4.78, 5) is 37.2. The van der Waals surface area contributed by atoms with Gasteiger partial charge in [-0.2, -0.15) is 0 Å². The summed E-state index contributed by atoms with van der Waals surface area (Å²) in [6.07, 6.45) is 2.28. The van der Waals surface area contributed by atoms with Gasteiger partial charge < -0.3 is 9.15 Å². The molecule has 0 spiro atoms. The van der Waals surface area contributed by atoms with Crippen molar-refractivity contribution in [3.05, 3.63) is 45.9 Å². The number of likely N-dealkylation sites (tertiary alicyclic amines) is 1. The van der Waals surface area contributed by atoms with Gasteiger partial charge in [0.15, 0.2) is 0 Å². The molecule has 1 aliphatic heterocycles. The number of ether oxygens (including phenoxy) is 1. The van der Waals surface area contributed by atoms with Gasteiger partial charge in [-0.05, 0) is 45.7 Å². The van der Waals surface area contributed by atoms with Crippen LogP contribution >= 0.6 is 0 Å². The lowest BCUT2D eigenvalue weighted by molar-refractivity contribution is -0.145. The van der Waals surface area contributed by atoms with Crippen LogP contribution in [0.1, 0.15) is 37.9 Å². The Morgan fingerprint density at radius 3 is 2.40 bits per heavy atom. The quantitative estimate of drug-likeness (QED) is 0.466. The Hall–Kier alpha value is -2.63. The number of nitrogens with zero attached hydrogens (tertiary/aromatic N) is 1. The van der Waals surface area contributed by atoms with Crippen LogP contribution < -0.4 is 0 Å². The summed E-state index contributed by atoms with van der Waals surface area (Å²) in [5, 5.41) is 0. The van der Waals surface area contributed by atoms with E-state index in [1.54, 1.807) is 19.9 Å². The van der Waals surface area contributed by atoms with Gasteiger partial charge in [-0.25, -0.2) is 0 Å². The van der Waals surface area contributed by atoms with Crippen LogP contribution in [0.25, 0.3) is 0 Å². The smallest absolute Gasteiger partial charge is 0.302 e. The molecule has 134 valence electrons. The Morgan fingerprint density at radius 1 is 1.20 bits per heavy atom. The first kappa shape index (κ1) is 18.7. The maximum atomic E-state index is 12.7. The molecule has 6 nitrogen and oxygen atoms in total. The average Bonchev–Trinajstić information content (AvgIpc) is 2.94. The first-order valence-corrected chi connectivity index (χ1v) is 8.15. The summed E-state index contributed by atoms with van der Waals surface area (Å²) in [5.41, 5.74) is 2.58. The summed E-state index contributed by atoms with van der Waals surface area (Å²) < 4.78 is 10.3. The molecule has 1 aromatic heterocycles. The van der Waals surface area contributed by atoms with Crippen molar-refractivity contribution in [3.63, 3.8) is 0 Å². The van der Waals surface area contributed by atoms with E-state index >= 15 is 0 Å². The number of allylic oxidation sites excluding steroid dienone is 2. The summed E-state index contributed by atoms with van der Waals surface area (Å²) >= 11 is 0. The van der Waals surface area contributed by atoms with E-state index < -0.39 is 5.97 Å². The molecular weight excluding hydrogens is 322 g/mol. The minimum Gasteiger partial charge on any atom is -0.466 e. The Labute approximate surface area is 147 Å². The van der Waals surface area contributed by atoms with Crippen molar-refractivity contribution >= 4 is 17.8 Å². The standard InChI is InChI=1S/C19H23NO5/c1-11(2)17-16(7-6-15-10-12(3)25-13(15)4)18(22)20(19(17)23)8-9-24-14(5)21/h7,10H,6,8-9H2,1-5H3. The van der Waals surface area contributed by atoms with Crippen molar-refractivity contribution < 1.29 is 23.5 Å². The zero-order valence-electron chi connectivity index (χ0n) is 15.3. The second kappa shape index (κ2) is 7.51. The molecule has 0 N–H and O–H groups in total. The Morgan fingerprint density at radius 2 is 1.88 bits per heavy atom. The number of furan rings is 1. The highest BCUT2D eigenvalue weighted by atomic mass is 16.5. The Bertz CT molecular complexity index is 778. The lowest BCUT2D eigenvalue weighted by atomic mass is 10.0. The van der Waals surface area contributed by atoms with E-state index in [0.29, 0.717) is 17.6 Å². The molecule has 0 atom stereocenters. The Balaban J connectivity index is 2.26. The van der Waals surface area contributed by atoms with Crippen LogP contribution in [0, 0.1) is 13.8 Å². The second-order valence-electron chi connectivity index (χ2n) is 6.24. The molecular formula is C19H23NO5. The van der Waals surface area contributed by atoms with E-state index in [1.807, 2.05) is 19.9 Å². The molecule has 2 rings (SSSR count). The number of carbonyl (C=O) groups excluding carboxylic acids is 3. The number of rotatable bonds is 5. The second-order valence-corrected chi connectivity index (χ2v) is 6.24. The molecule has 1 aromatic rings. The van der Waals surface area contributed by atoms with E-state index in [0.717, 1.165) is 27.6 Å². The number of hydrogen-bond acceptors (Lipinski definition) is 5. The molecule has 1 aliphatic rings. The third-order valence-electron chi connectivity index (χ3n) is 3.99. The molecule has 0 aromatic carbocycles. The number of hydrogen-bond donors (Lipinski definition) is 0. The van der Waals surface area contributed by atoms with Crippen LogP contribution in [0.15, 0.2) is 33.3 Å². The third-order valence-corrected chi connectivity index (χ3v) is 3.99. The highest BCUT2D eigenvalue weighted by molar-refractivity contribution is 6.24. The number of carbonyl (C=O) groups is 3. The predicted molar refractivity (Wildman–Crippen MR) is 91.7 cm³/mol. The molecule has 2 heterocycles. The number of esters is 1. The fraction of sp³-hybridized carbons (Fsp3) is 0.421. The van der Waals surface area contributed by atoms with Crippen molar-refractivity contribution in [2.75, 3.05) is 13.2 Å². The number of imide groups is 1. The molecule has 0 saturated carbocycles. The molecule has 0 aliphatic carbocycles. The molecule has 25 heavy (non-hydrogen) atoms. The first-order valence-electron chi connectivity index (χ1n) is 8.15. The number of amides is 2. The topological polar surface area (TPSA) is 76.8 Å². The first-order chi connectivity index (χ1) is 11.7. The van der Waals surface area contributed by atoms with Crippen molar-refractivity contribution in [2.45, 2.75) is 41.0 Å². The van der Waals surface area contributed by atoms with Crippen LogP contribution in [-0.2, 0) is 25.5 Å². The van der Waals surface area contributed by atoms with E-state index in [9.17, 15) is 14.4 Å². The van der Waals surface area contributed by atoms with Gasteiger partial charge in [0.1, 0.15) is 18.1 Å². The van der Waals surface area contributed by atoms with Gasteiger partial charge in [-0.15, -0.1) is 0 Å². The van der Waals surface area contributed by atoms with E-state index in [2.05, 4.69) is 0 Å². The molecule has 1 saturated heterocycles. The maximum absolute atomic E-state index is 12.7. The largest absolute Gasteiger partial charge is 0.466 e. The molecule has 0 unspecified atom stereocenters. The molecule has 0 radical (unpaired) electrons. The molecule has 0 bridgehead atoms. The van der Waals surface area contributed by atoms with E-state index in [4.69, 9.17) is 9.15 Å². The van der Waals surface area contributed by atoms with Crippen molar-refractivity contribution in [2.24, 2.45) is 0 Å². The third kappa shape index (κ3) is 4.07. The summed E-state index contributed by atoms with van der Waals surface area (Å²) in [5.74, 6) is 0.472. The monoisotopic (exact) mass is 345 g/mol. The van der Waals surface area contributed by atoms with Crippen LogP contribution in [-0.4, -0.2) is 35.8 Å². The zero-order valence-corrected chi connectivity index (χ0v) is 15.3. The van der Waals surface area contributed by atoms with E-state index in [-0.39, 0.29) is 25.0 Å². The van der Waals surface area contributed by atoms with Gasteiger partial charge in [-0.3, -0.25) is 19.3 Å². The van der Waals surface area contributed by atoms with Gasteiger partial charge in [0.2, 0.25) is 0 Å². The van der Waals surface area contributed by atoms with Crippen LogP contribution in [0.3, 0.4) is 0 Å². The van der Waals surface area contributed by atoms with Crippen LogP contribution in [0.5, 0.6) is 0 Å². The SMILES string of the molecule is CC(=O)OCCN1C(=O)C(=CCc2cc(C)oc2C)C(=C(C)C)C1=O.